The number of anilines is 2. The fraction of sp³-hybridized carbons (Fsp3) is 0.538. The summed E-state index contributed by atoms with van der Waals surface area (Å²) in [7, 11) is 0. The van der Waals surface area contributed by atoms with Gasteiger partial charge in [0.05, 0.1) is 11.4 Å². The van der Waals surface area contributed by atoms with E-state index in [1.807, 2.05) is 6.07 Å². The molecule has 0 amide bonds. The van der Waals surface area contributed by atoms with Crippen LogP contribution in [0.2, 0.25) is 0 Å². The number of halogens is 1. The molecule has 0 aromatic heterocycles. The van der Waals surface area contributed by atoms with Crippen molar-refractivity contribution < 1.29 is 0 Å². The molecule has 16 heavy (non-hydrogen) atoms. The summed E-state index contributed by atoms with van der Waals surface area (Å²) in [5.41, 5.74) is 7.86. The van der Waals surface area contributed by atoms with Crippen LogP contribution in [-0.2, 0) is 0 Å². The van der Waals surface area contributed by atoms with Crippen LogP contribution in [0.3, 0.4) is 0 Å². The summed E-state index contributed by atoms with van der Waals surface area (Å²) in [4.78, 5) is 0. The van der Waals surface area contributed by atoms with E-state index in [9.17, 15) is 0 Å². The van der Waals surface area contributed by atoms with Crippen LogP contribution in [0.15, 0.2) is 18.2 Å². The fourth-order valence-electron chi connectivity index (χ4n) is 1.70. The van der Waals surface area contributed by atoms with Gasteiger partial charge in [-0.3, -0.25) is 0 Å². The molecule has 0 aliphatic heterocycles. The number of nitrogens with two attached hydrogens (primary N) is 1. The molecule has 3 N–H and O–H groups in total. The van der Waals surface area contributed by atoms with Gasteiger partial charge >= 0.3 is 0 Å². The molecule has 0 radical (unpaired) electrons. The second-order valence-electron chi connectivity index (χ2n) is 4.27. The van der Waals surface area contributed by atoms with Gasteiger partial charge in [-0.25, -0.2) is 0 Å². The van der Waals surface area contributed by atoms with Crippen molar-refractivity contribution in [3.05, 3.63) is 21.8 Å². The summed E-state index contributed by atoms with van der Waals surface area (Å²) < 4.78 is 1.18. The Bertz CT molecular complexity index is 326. The fourth-order valence-corrected chi connectivity index (χ4v) is 2.22. The minimum atomic E-state index is 0.494. The average molecular weight is 332 g/mol. The van der Waals surface area contributed by atoms with Crippen LogP contribution in [0.1, 0.15) is 39.5 Å². The molecule has 0 aliphatic carbocycles. The Morgan fingerprint density at radius 3 is 2.75 bits per heavy atom. The minimum absolute atomic E-state index is 0.494. The zero-order chi connectivity index (χ0) is 12.0. The summed E-state index contributed by atoms with van der Waals surface area (Å²) in [5.74, 6) is 0. The van der Waals surface area contributed by atoms with Gasteiger partial charge in [0.1, 0.15) is 0 Å². The standard InChI is InChI=1S/C13H21IN2/c1-3-4-5-6-10(2)16-13-8-7-11(14)9-12(13)15/h7-10,16H,3-6,15H2,1-2H3. The van der Waals surface area contributed by atoms with Crippen molar-refractivity contribution in [2.45, 2.75) is 45.6 Å². The molecule has 2 nitrogen and oxygen atoms in total. The van der Waals surface area contributed by atoms with Gasteiger partial charge in [-0.2, -0.15) is 0 Å². The Labute approximate surface area is 112 Å². The summed E-state index contributed by atoms with van der Waals surface area (Å²) in [6.07, 6.45) is 5.08. The van der Waals surface area contributed by atoms with Crippen molar-refractivity contribution >= 4 is 34.0 Å². The van der Waals surface area contributed by atoms with E-state index in [1.165, 1.54) is 29.3 Å². The topological polar surface area (TPSA) is 38.0 Å². The van der Waals surface area contributed by atoms with Crippen LogP contribution in [0.4, 0.5) is 11.4 Å². The minimum Gasteiger partial charge on any atom is -0.397 e. The third-order valence-electron chi connectivity index (χ3n) is 2.66. The predicted molar refractivity (Wildman–Crippen MR) is 80.8 cm³/mol. The molecule has 1 aromatic rings. The first-order valence-corrected chi connectivity index (χ1v) is 7.03. The van der Waals surface area contributed by atoms with E-state index in [2.05, 4.69) is 53.9 Å². The molecule has 0 saturated carbocycles. The molecule has 90 valence electrons. The van der Waals surface area contributed by atoms with E-state index in [4.69, 9.17) is 5.73 Å². The molecular formula is C13H21IN2. The van der Waals surface area contributed by atoms with Gasteiger partial charge in [0.25, 0.3) is 0 Å². The number of nitrogens with one attached hydrogen (secondary N) is 1. The maximum Gasteiger partial charge on any atom is 0.0576 e. The Morgan fingerprint density at radius 1 is 1.38 bits per heavy atom. The van der Waals surface area contributed by atoms with Crippen molar-refractivity contribution in [1.29, 1.82) is 0 Å². The lowest BCUT2D eigenvalue weighted by atomic mass is 10.1. The normalized spacial score (nSPS) is 12.4. The lowest BCUT2D eigenvalue weighted by Crippen LogP contribution is -2.15. The first kappa shape index (κ1) is 13.6. The highest BCUT2D eigenvalue weighted by Gasteiger charge is 2.04. The maximum atomic E-state index is 5.96. The number of benzene rings is 1. The first-order valence-electron chi connectivity index (χ1n) is 5.95. The predicted octanol–water partition coefficient (Wildman–Crippen LogP) is 4.25. The van der Waals surface area contributed by atoms with E-state index in [1.54, 1.807) is 0 Å². The Morgan fingerprint density at radius 2 is 2.12 bits per heavy atom. The smallest absolute Gasteiger partial charge is 0.0576 e. The summed E-state index contributed by atoms with van der Waals surface area (Å²) in [6, 6.07) is 6.64. The zero-order valence-corrected chi connectivity index (χ0v) is 12.3. The van der Waals surface area contributed by atoms with Gasteiger partial charge in [0.2, 0.25) is 0 Å². The van der Waals surface area contributed by atoms with Gasteiger partial charge in [-0.1, -0.05) is 26.2 Å². The van der Waals surface area contributed by atoms with Gasteiger partial charge in [0, 0.05) is 9.61 Å². The van der Waals surface area contributed by atoms with Gasteiger partial charge in [0.15, 0.2) is 0 Å². The van der Waals surface area contributed by atoms with Crippen molar-refractivity contribution in [1.82, 2.24) is 0 Å². The molecule has 3 heteroatoms. The second-order valence-corrected chi connectivity index (χ2v) is 5.52. The summed E-state index contributed by atoms with van der Waals surface area (Å²) in [6.45, 7) is 4.45. The van der Waals surface area contributed by atoms with Crippen molar-refractivity contribution in [2.75, 3.05) is 11.1 Å². The monoisotopic (exact) mass is 332 g/mol. The molecule has 1 aromatic carbocycles. The second kappa shape index (κ2) is 6.99. The van der Waals surface area contributed by atoms with Gasteiger partial charge in [-0.15, -0.1) is 0 Å². The van der Waals surface area contributed by atoms with Crippen molar-refractivity contribution in [2.24, 2.45) is 0 Å². The molecule has 1 unspecified atom stereocenters. The number of hydrogen-bond donors (Lipinski definition) is 2. The summed E-state index contributed by atoms with van der Waals surface area (Å²) in [5, 5.41) is 3.47. The number of rotatable bonds is 6. The van der Waals surface area contributed by atoms with E-state index in [0.717, 1.165) is 11.4 Å². The Kier molecular flexibility index (Phi) is 5.95. The average Bonchev–Trinajstić information content (AvgIpc) is 2.23. The molecule has 0 heterocycles. The highest BCUT2D eigenvalue weighted by Crippen LogP contribution is 2.22. The molecular weight excluding hydrogens is 311 g/mol. The largest absolute Gasteiger partial charge is 0.397 e. The van der Waals surface area contributed by atoms with Crippen LogP contribution in [-0.4, -0.2) is 6.04 Å². The highest BCUT2D eigenvalue weighted by molar-refractivity contribution is 14.1. The molecule has 1 rings (SSSR count). The van der Waals surface area contributed by atoms with Crippen molar-refractivity contribution in [3.63, 3.8) is 0 Å². The van der Waals surface area contributed by atoms with Gasteiger partial charge in [-0.05, 0) is 54.1 Å². The molecule has 1 atom stereocenters. The number of nitrogen functional groups attached to an aromatic ring is 1. The molecule has 0 spiro atoms. The summed E-state index contributed by atoms with van der Waals surface area (Å²) >= 11 is 2.28. The SMILES string of the molecule is CCCCCC(C)Nc1ccc(I)cc1N. The van der Waals surface area contributed by atoms with E-state index < -0.39 is 0 Å². The zero-order valence-electron chi connectivity index (χ0n) is 10.1. The first-order chi connectivity index (χ1) is 7.63. The van der Waals surface area contributed by atoms with E-state index in [0.29, 0.717) is 6.04 Å². The Balaban J connectivity index is 2.46. The molecule has 0 bridgehead atoms. The van der Waals surface area contributed by atoms with E-state index >= 15 is 0 Å². The van der Waals surface area contributed by atoms with Crippen molar-refractivity contribution in [3.8, 4) is 0 Å². The van der Waals surface area contributed by atoms with Crippen LogP contribution in [0.25, 0.3) is 0 Å². The number of unbranched alkanes of at least 4 members (excludes halogenated alkanes) is 2. The molecule has 0 saturated heterocycles. The van der Waals surface area contributed by atoms with Crippen LogP contribution >= 0.6 is 22.6 Å². The third-order valence-corrected chi connectivity index (χ3v) is 3.33. The lowest BCUT2D eigenvalue weighted by molar-refractivity contribution is 0.615. The lowest BCUT2D eigenvalue weighted by Gasteiger charge is -2.16. The van der Waals surface area contributed by atoms with Crippen LogP contribution in [0, 0.1) is 3.57 Å². The highest BCUT2D eigenvalue weighted by atomic mass is 127. The Hall–Kier alpha value is -0.450. The molecule has 0 fully saturated rings. The maximum absolute atomic E-state index is 5.96. The van der Waals surface area contributed by atoms with Gasteiger partial charge < -0.3 is 11.1 Å². The quantitative estimate of drug-likeness (QED) is 0.464. The third kappa shape index (κ3) is 4.60. The van der Waals surface area contributed by atoms with Crippen LogP contribution < -0.4 is 11.1 Å². The number of hydrogen-bond acceptors (Lipinski definition) is 2. The van der Waals surface area contributed by atoms with E-state index in [-0.39, 0.29) is 0 Å². The van der Waals surface area contributed by atoms with Crippen LogP contribution in [0.5, 0.6) is 0 Å². The molecule has 0 aliphatic rings.